The highest BCUT2D eigenvalue weighted by atomic mass is 79.9. The van der Waals surface area contributed by atoms with Crippen molar-refractivity contribution in [2.24, 2.45) is 0 Å². The van der Waals surface area contributed by atoms with Crippen LogP contribution in [0.4, 0.5) is 0 Å². The topological polar surface area (TPSA) is 55.8 Å². The molecule has 0 saturated heterocycles. The van der Waals surface area contributed by atoms with Crippen LogP contribution in [0.25, 0.3) is 0 Å². The molecule has 21 heavy (non-hydrogen) atoms. The second kappa shape index (κ2) is 8.24. The highest BCUT2D eigenvalue weighted by Crippen LogP contribution is 2.27. The van der Waals surface area contributed by atoms with Gasteiger partial charge in [0, 0.05) is 31.3 Å². The number of nitrogens with zero attached hydrogens (tertiary/aromatic N) is 1. The minimum atomic E-state index is -3.62. The van der Waals surface area contributed by atoms with Crippen molar-refractivity contribution >= 4 is 26.0 Å². The first-order valence-electron chi connectivity index (χ1n) is 6.60. The number of hydrogen-bond acceptors (Lipinski definition) is 4. The van der Waals surface area contributed by atoms with Gasteiger partial charge in [-0.2, -0.15) is 4.31 Å². The third-order valence-electron chi connectivity index (χ3n) is 3.09. The quantitative estimate of drug-likeness (QED) is 0.695. The molecule has 0 aliphatic rings. The fraction of sp³-hybridized carbons (Fsp3) is 0.571. The molecule has 0 spiro atoms. The Kier molecular flexibility index (Phi) is 7.29. The zero-order chi connectivity index (χ0) is 16.0. The zero-order valence-electron chi connectivity index (χ0n) is 12.8. The number of aryl methyl sites for hydroxylation is 1. The Bertz CT molecular complexity index is 562. The molecule has 120 valence electrons. The lowest BCUT2D eigenvalue weighted by molar-refractivity contribution is 0.119. The molecule has 0 fully saturated rings. The van der Waals surface area contributed by atoms with Crippen LogP contribution >= 0.6 is 15.9 Å². The lowest BCUT2D eigenvalue weighted by Crippen LogP contribution is -2.43. The van der Waals surface area contributed by atoms with Crippen LogP contribution in [-0.2, 0) is 19.5 Å². The summed E-state index contributed by atoms with van der Waals surface area (Å²) in [6, 6.07) is 4.92. The van der Waals surface area contributed by atoms with E-state index >= 15 is 0 Å². The summed E-state index contributed by atoms with van der Waals surface area (Å²) in [4.78, 5) is 0.257. The summed E-state index contributed by atoms with van der Waals surface area (Å²) in [5.74, 6) is 0. The van der Waals surface area contributed by atoms with Crippen molar-refractivity contribution in [3.63, 3.8) is 0 Å². The fourth-order valence-corrected chi connectivity index (χ4v) is 4.78. The molecule has 0 aliphatic carbocycles. The van der Waals surface area contributed by atoms with E-state index in [1.165, 1.54) is 4.31 Å². The number of halogens is 1. The van der Waals surface area contributed by atoms with E-state index in [2.05, 4.69) is 15.9 Å². The van der Waals surface area contributed by atoms with E-state index in [0.717, 1.165) is 5.56 Å². The molecule has 1 rings (SSSR count). The van der Waals surface area contributed by atoms with Gasteiger partial charge < -0.3 is 9.47 Å². The van der Waals surface area contributed by atoms with Gasteiger partial charge in [-0.25, -0.2) is 8.42 Å². The molecule has 5 nitrogen and oxygen atoms in total. The average Bonchev–Trinajstić information content (AvgIpc) is 2.38. The van der Waals surface area contributed by atoms with E-state index in [4.69, 9.17) is 9.47 Å². The second-order valence-electron chi connectivity index (χ2n) is 4.85. The maximum Gasteiger partial charge on any atom is 0.244 e. The maximum absolute atomic E-state index is 12.9. The van der Waals surface area contributed by atoms with Gasteiger partial charge in [0.15, 0.2) is 0 Å². The molecular formula is C14H22BrNO4S. The fourth-order valence-electron chi connectivity index (χ4n) is 2.02. The first kappa shape index (κ1) is 18.6. The highest BCUT2D eigenvalue weighted by Gasteiger charge is 2.30. The lowest BCUT2D eigenvalue weighted by Gasteiger charge is -2.28. The zero-order valence-corrected chi connectivity index (χ0v) is 15.2. The summed E-state index contributed by atoms with van der Waals surface area (Å²) in [6.07, 6.45) is 0. The number of benzene rings is 1. The van der Waals surface area contributed by atoms with E-state index in [1.54, 1.807) is 32.4 Å². The Morgan fingerprint density at radius 3 is 2.48 bits per heavy atom. The standard InChI is InChI=1S/C14H22BrNO4S/c1-11-5-6-14(13(15)9-11)21(17,18)16(7-8-19-3)12(2)10-20-4/h5-6,9,12H,7-8,10H2,1-4H3. The number of hydrogen-bond donors (Lipinski definition) is 0. The van der Waals surface area contributed by atoms with Crippen LogP contribution in [0.2, 0.25) is 0 Å². The van der Waals surface area contributed by atoms with E-state index in [0.29, 0.717) is 17.7 Å². The predicted molar refractivity (Wildman–Crippen MR) is 86.0 cm³/mol. The first-order valence-corrected chi connectivity index (χ1v) is 8.83. The molecule has 0 amide bonds. The summed E-state index contributed by atoms with van der Waals surface area (Å²) in [7, 11) is -0.512. The smallest absolute Gasteiger partial charge is 0.244 e. The molecule has 1 atom stereocenters. The third-order valence-corrected chi connectivity index (χ3v) is 6.08. The van der Waals surface area contributed by atoms with Gasteiger partial charge in [0.1, 0.15) is 0 Å². The summed E-state index contributed by atoms with van der Waals surface area (Å²) >= 11 is 3.34. The van der Waals surface area contributed by atoms with Gasteiger partial charge in [-0.05, 0) is 47.5 Å². The summed E-state index contributed by atoms with van der Waals surface area (Å²) in [6.45, 7) is 4.67. The van der Waals surface area contributed by atoms with Crippen LogP contribution in [0.1, 0.15) is 12.5 Å². The van der Waals surface area contributed by atoms with Crippen molar-refractivity contribution < 1.29 is 17.9 Å². The lowest BCUT2D eigenvalue weighted by atomic mass is 10.2. The Labute approximate surface area is 135 Å². The number of methoxy groups -OCH3 is 2. The molecule has 0 aromatic heterocycles. The van der Waals surface area contributed by atoms with Crippen LogP contribution in [0.15, 0.2) is 27.6 Å². The van der Waals surface area contributed by atoms with Gasteiger partial charge in [-0.3, -0.25) is 0 Å². The average molecular weight is 380 g/mol. The second-order valence-corrected chi connectivity index (χ2v) is 7.56. The minimum Gasteiger partial charge on any atom is -0.383 e. The van der Waals surface area contributed by atoms with Gasteiger partial charge in [-0.1, -0.05) is 6.07 Å². The van der Waals surface area contributed by atoms with Gasteiger partial charge in [0.25, 0.3) is 0 Å². The maximum atomic E-state index is 12.9. The van der Waals surface area contributed by atoms with Gasteiger partial charge in [-0.15, -0.1) is 0 Å². The van der Waals surface area contributed by atoms with Gasteiger partial charge in [0.05, 0.1) is 18.1 Å². The van der Waals surface area contributed by atoms with Crippen LogP contribution < -0.4 is 0 Å². The van der Waals surface area contributed by atoms with Crippen molar-refractivity contribution in [2.75, 3.05) is 34.0 Å². The molecule has 1 unspecified atom stereocenters. The Morgan fingerprint density at radius 2 is 1.95 bits per heavy atom. The summed E-state index contributed by atoms with van der Waals surface area (Å²) in [5.41, 5.74) is 0.995. The monoisotopic (exact) mass is 379 g/mol. The number of rotatable bonds is 8. The van der Waals surface area contributed by atoms with Crippen molar-refractivity contribution in [3.8, 4) is 0 Å². The van der Waals surface area contributed by atoms with Gasteiger partial charge in [0.2, 0.25) is 10.0 Å². The van der Waals surface area contributed by atoms with E-state index in [9.17, 15) is 8.42 Å². The van der Waals surface area contributed by atoms with Crippen LogP contribution in [0.5, 0.6) is 0 Å². The molecule has 0 radical (unpaired) electrons. The van der Waals surface area contributed by atoms with Crippen molar-refractivity contribution in [1.29, 1.82) is 0 Å². The molecule has 0 heterocycles. The van der Waals surface area contributed by atoms with E-state index < -0.39 is 10.0 Å². The summed E-state index contributed by atoms with van der Waals surface area (Å²) < 4.78 is 37.8. The minimum absolute atomic E-state index is 0.257. The van der Waals surface area contributed by atoms with Crippen molar-refractivity contribution in [1.82, 2.24) is 4.31 Å². The molecule has 7 heteroatoms. The largest absolute Gasteiger partial charge is 0.383 e. The molecule has 0 N–H and O–H groups in total. The van der Waals surface area contributed by atoms with Crippen molar-refractivity contribution in [3.05, 3.63) is 28.2 Å². The van der Waals surface area contributed by atoms with Crippen LogP contribution in [0.3, 0.4) is 0 Å². The third kappa shape index (κ3) is 4.75. The van der Waals surface area contributed by atoms with Crippen molar-refractivity contribution in [2.45, 2.75) is 24.8 Å². The molecule has 1 aromatic carbocycles. The SMILES string of the molecule is COCCN(C(C)COC)S(=O)(=O)c1ccc(C)cc1Br. The Hall–Kier alpha value is -0.470. The van der Waals surface area contributed by atoms with Gasteiger partial charge >= 0.3 is 0 Å². The molecule has 0 bridgehead atoms. The molecule has 1 aromatic rings. The highest BCUT2D eigenvalue weighted by molar-refractivity contribution is 9.10. The van der Waals surface area contributed by atoms with E-state index in [-0.39, 0.29) is 17.5 Å². The van der Waals surface area contributed by atoms with E-state index in [1.807, 2.05) is 13.8 Å². The Morgan fingerprint density at radius 1 is 1.29 bits per heavy atom. The molecular weight excluding hydrogens is 358 g/mol. The Balaban J connectivity index is 3.19. The summed E-state index contributed by atoms with van der Waals surface area (Å²) in [5, 5.41) is 0. The van der Waals surface area contributed by atoms with Crippen LogP contribution in [0, 0.1) is 6.92 Å². The normalized spacial score (nSPS) is 13.6. The predicted octanol–water partition coefficient (Wildman–Crippen LogP) is 2.43. The molecule has 0 aliphatic heterocycles. The number of sulfonamides is 1. The van der Waals surface area contributed by atoms with Crippen LogP contribution in [-0.4, -0.2) is 52.7 Å². The number of ether oxygens (including phenoxy) is 2. The first-order chi connectivity index (χ1) is 9.84. The molecule has 0 saturated carbocycles.